The molecule has 0 atom stereocenters. The number of likely N-dealkylation sites (tertiary alicyclic amines) is 1. The van der Waals surface area contributed by atoms with Crippen LogP contribution in [0.1, 0.15) is 51.9 Å². The maximum Gasteiger partial charge on any atom is 0.222 e. The monoisotopic (exact) mass is 395 g/mol. The van der Waals surface area contributed by atoms with Gasteiger partial charge in [0.25, 0.3) is 0 Å². The molecule has 27 heavy (non-hydrogen) atoms. The van der Waals surface area contributed by atoms with E-state index in [1.165, 1.54) is 50.3 Å². The van der Waals surface area contributed by atoms with Crippen molar-refractivity contribution in [1.29, 1.82) is 0 Å². The Kier molecular flexibility index (Phi) is 8.12. The molecule has 2 N–H and O–H groups in total. The summed E-state index contributed by atoms with van der Waals surface area (Å²) >= 11 is 2.08. The van der Waals surface area contributed by atoms with E-state index in [1.807, 2.05) is 4.90 Å². The predicted molar refractivity (Wildman–Crippen MR) is 115 cm³/mol. The molecule has 0 radical (unpaired) electrons. The van der Waals surface area contributed by atoms with Gasteiger partial charge in [0, 0.05) is 62.7 Å². The van der Waals surface area contributed by atoms with E-state index in [0.29, 0.717) is 5.91 Å². The number of aliphatic imine (C=N–C) groups is 1. The summed E-state index contributed by atoms with van der Waals surface area (Å²) in [6.07, 6.45) is 7.99. The number of nitrogens with one attached hydrogen (secondary N) is 2. The topological polar surface area (TPSA) is 60.0 Å². The maximum atomic E-state index is 11.7. The maximum absolute atomic E-state index is 11.7. The summed E-state index contributed by atoms with van der Waals surface area (Å²) in [5.74, 6) is 3.78. The smallest absolute Gasteiger partial charge is 0.222 e. The second kappa shape index (κ2) is 10.6. The SMILES string of the molecule is CCNC(=NCC1(N2CCSCC2)CCCC1)NCCCN1CCCC1=O. The van der Waals surface area contributed by atoms with Gasteiger partial charge in [0.2, 0.25) is 5.91 Å². The van der Waals surface area contributed by atoms with Crippen molar-refractivity contribution >= 4 is 23.6 Å². The zero-order chi connectivity index (χ0) is 19.0. The molecule has 1 saturated carbocycles. The van der Waals surface area contributed by atoms with Gasteiger partial charge in [0.05, 0.1) is 6.54 Å². The van der Waals surface area contributed by atoms with Crippen molar-refractivity contribution in [3.63, 3.8) is 0 Å². The number of hydrogen-bond donors (Lipinski definition) is 2. The van der Waals surface area contributed by atoms with Crippen molar-refractivity contribution in [3.05, 3.63) is 0 Å². The fourth-order valence-corrected chi connectivity index (χ4v) is 5.53. The van der Waals surface area contributed by atoms with Gasteiger partial charge in [-0.2, -0.15) is 11.8 Å². The molecule has 0 bridgehead atoms. The molecule has 154 valence electrons. The third kappa shape index (κ3) is 5.76. The van der Waals surface area contributed by atoms with Gasteiger partial charge in [-0.1, -0.05) is 12.8 Å². The molecule has 3 aliphatic rings. The molecule has 2 heterocycles. The third-order valence-electron chi connectivity index (χ3n) is 6.16. The van der Waals surface area contributed by atoms with Crippen LogP contribution in [0.5, 0.6) is 0 Å². The molecular formula is C20H37N5OS. The second-order valence-corrected chi connectivity index (χ2v) is 9.22. The molecule has 0 spiro atoms. The standard InChI is InChI=1S/C20H37N5OS/c1-2-21-19(22-10-6-12-24-11-5-7-18(24)26)23-17-20(8-3-4-9-20)25-13-15-27-16-14-25/h2-17H2,1H3,(H2,21,22,23). The van der Waals surface area contributed by atoms with E-state index < -0.39 is 0 Å². The van der Waals surface area contributed by atoms with Crippen LogP contribution in [0.3, 0.4) is 0 Å². The Bertz CT molecular complexity index is 501. The predicted octanol–water partition coefficient (Wildman–Crippen LogP) is 1.92. The van der Waals surface area contributed by atoms with Gasteiger partial charge in [-0.25, -0.2) is 0 Å². The summed E-state index contributed by atoms with van der Waals surface area (Å²) in [6.45, 7) is 8.99. The van der Waals surface area contributed by atoms with E-state index in [4.69, 9.17) is 4.99 Å². The Labute approximate surface area is 168 Å². The number of hydrogen-bond acceptors (Lipinski definition) is 4. The van der Waals surface area contributed by atoms with Gasteiger partial charge in [-0.3, -0.25) is 14.7 Å². The molecule has 7 heteroatoms. The Morgan fingerprint density at radius 1 is 1.15 bits per heavy atom. The van der Waals surface area contributed by atoms with E-state index in [1.54, 1.807) is 0 Å². The van der Waals surface area contributed by atoms with Crippen LogP contribution >= 0.6 is 11.8 Å². The van der Waals surface area contributed by atoms with Crippen molar-refractivity contribution in [2.24, 2.45) is 4.99 Å². The van der Waals surface area contributed by atoms with Crippen molar-refractivity contribution < 1.29 is 4.79 Å². The molecule has 0 aromatic carbocycles. The fraction of sp³-hybridized carbons (Fsp3) is 0.900. The number of guanidine groups is 1. The third-order valence-corrected chi connectivity index (χ3v) is 7.10. The van der Waals surface area contributed by atoms with Crippen molar-refractivity contribution in [2.75, 3.05) is 57.3 Å². The highest BCUT2D eigenvalue weighted by molar-refractivity contribution is 7.99. The normalized spacial score (nSPS) is 23.8. The average Bonchev–Trinajstić information content (AvgIpc) is 3.34. The molecule has 0 aromatic heterocycles. The minimum Gasteiger partial charge on any atom is -0.357 e. The summed E-state index contributed by atoms with van der Waals surface area (Å²) in [4.78, 5) is 21.4. The van der Waals surface area contributed by atoms with E-state index in [9.17, 15) is 4.79 Å². The molecule has 2 saturated heterocycles. The number of carbonyl (C=O) groups is 1. The van der Waals surface area contributed by atoms with Crippen LogP contribution in [0, 0.1) is 0 Å². The lowest BCUT2D eigenvalue weighted by molar-refractivity contribution is -0.127. The van der Waals surface area contributed by atoms with Crippen molar-refractivity contribution in [3.8, 4) is 0 Å². The first-order chi connectivity index (χ1) is 13.2. The van der Waals surface area contributed by atoms with Crippen LogP contribution in [0.25, 0.3) is 0 Å². The van der Waals surface area contributed by atoms with E-state index >= 15 is 0 Å². The van der Waals surface area contributed by atoms with Crippen LogP contribution in [0.15, 0.2) is 4.99 Å². The number of carbonyl (C=O) groups excluding carboxylic acids is 1. The lowest BCUT2D eigenvalue weighted by Gasteiger charge is -2.42. The Morgan fingerprint density at radius 2 is 1.93 bits per heavy atom. The number of thioether (sulfide) groups is 1. The molecule has 1 aliphatic carbocycles. The largest absolute Gasteiger partial charge is 0.357 e. The van der Waals surface area contributed by atoms with Crippen molar-refractivity contribution in [2.45, 2.75) is 57.4 Å². The highest BCUT2D eigenvalue weighted by Gasteiger charge is 2.39. The van der Waals surface area contributed by atoms with Gasteiger partial charge in [0.15, 0.2) is 5.96 Å². The average molecular weight is 396 g/mol. The van der Waals surface area contributed by atoms with E-state index in [2.05, 4.69) is 34.2 Å². The molecule has 0 aromatic rings. The van der Waals surface area contributed by atoms with Crippen molar-refractivity contribution in [1.82, 2.24) is 20.4 Å². The van der Waals surface area contributed by atoms with Crippen LogP contribution in [-0.4, -0.2) is 84.5 Å². The number of nitrogens with zero attached hydrogens (tertiary/aromatic N) is 3. The summed E-state index contributed by atoms with van der Waals surface area (Å²) in [7, 11) is 0. The van der Waals surface area contributed by atoms with Gasteiger partial charge >= 0.3 is 0 Å². The lowest BCUT2D eigenvalue weighted by Crippen LogP contribution is -2.53. The highest BCUT2D eigenvalue weighted by atomic mass is 32.2. The Hall–Kier alpha value is -0.950. The van der Waals surface area contributed by atoms with Gasteiger partial charge in [0.1, 0.15) is 0 Å². The van der Waals surface area contributed by atoms with Crippen LogP contribution in [-0.2, 0) is 4.79 Å². The van der Waals surface area contributed by atoms with E-state index in [-0.39, 0.29) is 5.54 Å². The molecule has 0 unspecified atom stereocenters. The zero-order valence-electron chi connectivity index (χ0n) is 17.0. The molecule has 2 aliphatic heterocycles. The zero-order valence-corrected chi connectivity index (χ0v) is 17.8. The van der Waals surface area contributed by atoms with E-state index in [0.717, 1.165) is 57.9 Å². The molecule has 3 fully saturated rings. The molecule has 3 rings (SSSR count). The Morgan fingerprint density at radius 3 is 2.59 bits per heavy atom. The number of amides is 1. The summed E-state index contributed by atoms with van der Waals surface area (Å²) in [5.41, 5.74) is 0.283. The Balaban J connectivity index is 1.49. The second-order valence-electron chi connectivity index (χ2n) is 7.99. The fourth-order valence-electron chi connectivity index (χ4n) is 4.63. The first kappa shape index (κ1) is 20.8. The van der Waals surface area contributed by atoms with Crippen LogP contribution in [0.4, 0.5) is 0 Å². The summed E-state index contributed by atoms with van der Waals surface area (Å²) in [5, 5.41) is 6.88. The van der Waals surface area contributed by atoms with Crippen LogP contribution < -0.4 is 10.6 Å². The number of rotatable bonds is 8. The first-order valence-corrected chi connectivity index (χ1v) is 12.0. The molecule has 6 nitrogen and oxygen atoms in total. The first-order valence-electron chi connectivity index (χ1n) is 10.9. The lowest BCUT2D eigenvalue weighted by atomic mass is 9.95. The van der Waals surface area contributed by atoms with Crippen LogP contribution in [0.2, 0.25) is 0 Å². The van der Waals surface area contributed by atoms with Gasteiger partial charge < -0.3 is 15.5 Å². The summed E-state index contributed by atoms with van der Waals surface area (Å²) < 4.78 is 0. The van der Waals surface area contributed by atoms with Gasteiger partial charge in [-0.15, -0.1) is 0 Å². The molecular weight excluding hydrogens is 358 g/mol. The minimum atomic E-state index is 0.283. The molecule has 1 amide bonds. The minimum absolute atomic E-state index is 0.283. The quantitative estimate of drug-likeness (QED) is 0.374. The highest BCUT2D eigenvalue weighted by Crippen LogP contribution is 2.37. The van der Waals surface area contributed by atoms with Gasteiger partial charge in [-0.05, 0) is 32.6 Å². The summed E-state index contributed by atoms with van der Waals surface area (Å²) in [6, 6.07) is 0.